The Bertz CT molecular complexity index is 752. The van der Waals surface area contributed by atoms with Crippen molar-refractivity contribution in [1.29, 1.82) is 0 Å². The molecule has 3 fully saturated rings. The number of ether oxygens (including phenoxy) is 6. The van der Waals surface area contributed by atoms with Gasteiger partial charge in [-0.25, -0.2) is 0 Å². The number of hydrogen-bond acceptors (Lipinski definition) is 18. The van der Waals surface area contributed by atoms with Crippen molar-refractivity contribution in [1.82, 2.24) is 0 Å². The third kappa shape index (κ3) is 7.38. The Labute approximate surface area is 221 Å². The minimum atomic E-state index is -1.91. The van der Waals surface area contributed by atoms with Gasteiger partial charge in [-0.05, 0) is 0 Å². The Kier molecular flexibility index (Phi) is 12.1. The second-order valence-corrected chi connectivity index (χ2v) is 9.22. The lowest BCUT2D eigenvalue weighted by Crippen LogP contribution is -2.66. The zero-order valence-corrected chi connectivity index (χ0v) is 20.6. The monoisotopic (exact) mass is 575 g/mol. The fraction of sp³-hybridized carbons (Fsp3) is 0.952. The lowest BCUT2D eigenvalue weighted by Gasteiger charge is -2.47. The maximum Gasteiger partial charge on any atom is 0.187 e. The molecule has 0 amide bonds. The number of rotatable bonds is 7. The number of nitrogens with zero attached hydrogens (tertiary/aromatic N) is 1. The number of aliphatic hydroxyl groups excluding tert-OH is 11. The summed E-state index contributed by atoms with van der Waals surface area (Å²) in [7, 11) is 0. The predicted octanol–water partition coefficient (Wildman–Crippen LogP) is -7.53. The van der Waals surface area contributed by atoms with Crippen LogP contribution in [0.4, 0.5) is 0 Å². The fourth-order valence-corrected chi connectivity index (χ4v) is 4.32. The highest BCUT2D eigenvalue weighted by atomic mass is 16.8. The van der Waals surface area contributed by atoms with Gasteiger partial charge in [-0.1, -0.05) is 0 Å². The molecule has 0 aromatic rings. The molecule has 18 nitrogen and oxygen atoms in total. The van der Waals surface area contributed by atoms with Gasteiger partial charge in [0.1, 0.15) is 79.9 Å². The molecule has 1 unspecified atom stereocenters. The first kappa shape index (κ1) is 32.3. The van der Waals surface area contributed by atoms with Crippen LogP contribution in [0.1, 0.15) is 0 Å². The molecule has 0 aromatic carbocycles. The van der Waals surface area contributed by atoms with Gasteiger partial charge in [0.2, 0.25) is 0 Å². The molecule has 0 aliphatic carbocycles. The first-order valence-electron chi connectivity index (χ1n) is 12.2. The maximum atomic E-state index is 10.6. The van der Waals surface area contributed by atoms with E-state index in [2.05, 4.69) is 9.73 Å². The maximum absolute atomic E-state index is 10.6. The van der Waals surface area contributed by atoms with Crippen LogP contribution in [0.3, 0.4) is 0 Å². The van der Waals surface area contributed by atoms with Crippen molar-refractivity contribution in [2.45, 2.75) is 92.1 Å². The number of hydrogen-bond donors (Lipinski definition) is 11. The van der Waals surface area contributed by atoms with Gasteiger partial charge in [0.05, 0.1) is 26.4 Å². The molecule has 4 rings (SSSR count). The molecule has 0 aromatic heterocycles. The van der Waals surface area contributed by atoms with Gasteiger partial charge in [-0.15, -0.1) is 0 Å². The first-order valence-corrected chi connectivity index (χ1v) is 12.2. The van der Waals surface area contributed by atoms with Gasteiger partial charge >= 0.3 is 0 Å². The second-order valence-electron chi connectivity index (χ2n) is 9.22. The molecule has 0 saturated carbocycles. The summed E-state index contributed by atoms with van der Waals surface area (Å²) in [5, 5.41) is 109. The van der Waals surface area contributed by atoms with Gasteiger partial charge in [-0.3, -0.25) is 4.99 Å². The molecule has 3 saturated heterocycles. The minimum absolute atomic E-state index is 0.741. The van der Waals surface area contributed by atoms with E-state index in [1.54, 1.807) is 0 Å². The predicted molar refractivity (Wildman–Crippen MR) is 121 cm³/mol. The standard InChI is InChI=1S/C18H32O16.C3H5NO/c19-1-4-7(22)8(23)12(27)17(31-4)34-15-6(3-21)32-18(13(28)10(15)25)33-14-5(2-20)30-16(29)11(26)9(14)24;1-2-5-3-4-1/h4-29H,1-3H2;3H,1-2H2/t4-,5-,6-,7-,8+,9-,10-,11-,12-,13-,14-,15-,16?,17+,18+;/m1./s1. The van der Waals surface area contributed by atoms with Crippen LogP contribution in [0.25, 0.3) is 0 Å². The molecule has 18 heteroatoms. The largest absolute Gasteiger partial charge is 0.482 e. The Morgan fingerprint density at radius 1 is 0.590 bits per heavy atom. The van der Waals surface area contributed by atoms with E-state index in [0.29, 0.717) is 0 Å². The molecule has 4 aliphatic heterocycles. The highest BCUT2D eigenvalue weighted by molar-refractivity contribution is 5.47. The average Bonchev–Trinajstić information content (AvgIpc) is 3.53. The van der Waals surface area contributed by atoms with Crippen molar-refractivity contribution < 1.29 is 84.6 Å². The van der Waals surface area contributed by atoms with E-state index >= 15 is 0 Å². The number of aliphatic imine (C=N–C) groups is 1. The van der Waals surface area contributed by atoms with Crippen LogP contribution in [-0.4, -0.2) is 188 Å². The summed E-state index contributed by atoms with van der Waals surface area (Å²) in [6.07, 6.45) is -23.7. The normalized spacial score (nSPS) is 48.2. The quantitative estimate of drug-likeness (QED) is 0.134. The van der Waals surface area contributed by atoms with Gasteiger partial charge in [0.25, 0.3) is 0 Å². The summed E-state index contributed by atoms with van der Waals surface area (Å²) in [4.78, 5) is 3.74. The van der Waals surface area contributed by atoms with Gasteiger partial charge in [0, 0.05) is 0 Å². The van der Waals surface area contributed by atoms with Crippen LogP contribution >= 0.6 is 0 Å². The Morgan fingerprint density at radius 2 is 1.08 bits per heavy atom. The van der Waals surface area contributed by atoms with E-state index in [0.717, 1.165) is 13.2 Å². The highest BCUT2D eigenvalue weighted by Crippen LogP contribution is 2.32. The van der Waals surface area contributed by atoms with E-state index in [4.69, 9.17) is 23.7 Å². The summed E-state index contributed by atoms with van der Waals surface area (Å²) in [6, 6.07) is 0. The van der Waals surface area contributed by atoms with Gasteiger partial charge in [0.15, 0.2) is 25.3 Å². The molecule has 11 N–H and O–H groups in total. The van der Waals surface area contributed by atoms with E-state index in [1.807, 2.05) is 0 Å². The smallest absolute Gasteiger partial charge is 0.187 e. The molecular weight excluding hydrogens is 538 g/mol. The molecule has 4 aliphatic rings. The van der Waals surface area contributed by atoms with Crippen molar-refractivity contribution >= 4 is 6.40 Å². The van der Waals surface area contributed by atoms with Crippen LogP contribution in [0.5, 0.6) is 0 Å². The topological polar surface area (TPSA) is 290 Å². The molecule has 4 heterocycles. The van der Waals surface area contributed by atoms with Crippen LogP contribution in [0.2, 0.25) is 0 Å². The van der Waals surface area contributed by atoms with Crippen LogP contribution in [-0.2, 0) is 28.4 Å². The van der Waals surface area contributed by atoms with Gasteiger partial charge < -0.3 is 84.6 Å². The summed E-state index contributed by atoms with van der Waals surface area (Å²) < 4.78 is 31.1. The van der Waals surface area contributed by atoms with E-state index in [-0.39, 0.29) is 0 Å². The Hall–Kier alpha value is -1.17. The molecule has 0 spiro atoms. The number of aliphatic hydroxyl groups is 11. The lowest BCUT2D eigenvalue weighted by atomic mass is 9.96. The Balaban J connectivity index is 0.000000753. The van der Waals surface area contributed by atoms with E-state index in [9.17, 15) is 56.2 Å². The molecule has 15 atom stereocenters. The molecule has 0 bridgehead atoms. The molecular formula is C21H37NO17. The third-order valence-electron chi connectivity index (χ3n) is 6.58. The van der Waals surface area contributed by atoms with Crippen molar-refractivity contribution in [3.63, 3.8) is 0 Å². The average molecular weight is 576 g/mol. The summed E-state index contributed by atoms with van der Waals surface area (Å²) >= 11 is 0. The van der Waals surface area contributed by atoms with Crippen molar-refractivity contribution in [2.75, 3.05) is 33.0 Å². The second kappa shape index (κ2) is 14.6. The Morgan fingerprint density at radius 3 is 1.54 bits per heavy atom. The highest BCUT2D eigenvalue weighted by Gasteiger charge is 2.53. The van der Waals surface area contributed by atoms with E-state index < -0.39 is 112 Å². The zero-order valence-electron chi connectivity index (χ0n) is 20.6. The van der Waals surface area contributed by atoms with Crippen LogP contribution < -0.4 is 0 Å². The molecule has 0 radical (unpaired) electrons. The van der Waals surface area contributed by atoms with Crippen molar-refractivity contribution in [2.24, 2.45) is 4.99 Å². The molecule has 39 heavy (non-hydrogen) atoms. The fourth-order valence-electron chi connectivity index (χ4n) is 4.32. The summed E-state index contributed by atoms with van der Waals surface area (Å²) in [5.74, 6) is 0. The lowest BCUT2D eigenvalue weighted by molar-refractivity contribution is -0.377. The minimum Gasteiger partial charge on any atom is -0.482 e. The van der Waals surface area contributed by atoms with Crippen molar-refractivity contribution in [3.05, 3.63) is 0 Å². The first-order chi connectivity index (χ1) is 18.5. The zero-order chi connectivity index (χ0) is 28.9. The SMILES string of the molecule is C1=NCCO1.OC[C@H]1O[C@@H](O[C@H]2[C@H](O)[C@@H](O)[C@H](O[C@H]3[C@H](O)[C@@H](O)C(O)O[C@@H]3CO)O[C@@H]2CO)[C@H](O)[C@@H](O)[C@@H]1O. The molecule has 228 valence electrons. The third-order valence-corrected chi connectivity index (χ3v) is 6.58. The van der Waals surface area contributed by atoms with E-state index in [1.165, 1.54) is 6.40 Å². The van der Waals surface area contributed by atoms with Gasteiger partial charge in [-0.2, -0.15) is 0 Å². The van der Waals surface area contributed by atoms with Crippen molar-refractivity contribution in [3.8, 4) is 0 Å². The summed E-state index contributed by atoms with van der Waals surface area (Å²) in [6.45, 7) is -0.696. The summed E-state index contributed by atoms with van der Waals surface area (Å²) in [5.41, 5.74) is 0. The van der Waals surface area contributed by atoms with Crippen LogP contribution in [0.15, 0.2) is 4.99 Å². The van der Waals surface area contributed by atoms with Crippen LogP contribution in [0, 0.1) is 0 Å².